The van der Waals surface area contributed by atoms with Gasteiger partial charge >= 0.3 is 24.5 Å². The maximum absolute atomic E-state index is 13.7. The summed E-state index contributed by atoms with van der Waals surface area (Å²) in [5.74, 6) is 3.56. The fraction of sp³-hybridized carbons (Fsp3) is 0.349. The number of likely N-dealkylation sites (N-methyl/N-ethyl adjacent to an activating group) is 1. The predicted molar refractivity (Wildman–Crippen MR) is 343 cm³/mol. The number of carbonyl (C=O) groups excluding carboxylic acids is 1. The van der Waals surface area contributed by atoms with Gasteiger partial charge in [-0.2, -0.15) is 39.5 Å². The van der Waals surface area contributed by atoms with E-state index in [1.54, 1.807) is 83.1 Å². The number of sulfone groups is 3. The summed E-state index contributed by atoms with van der Waals surface area (Å²) in [6.45, 7) is 4.21. The first-order chi connectivity index (χ1) is 43.9. The van der Waals surface area contributed by atoms with Crippen LogP contribution in [0.25, 0.3) is 22.1 Å². The van der Waals surface area contributed by atoms with Crippen LogP contribution in [0.3, 0.4) is 0 Å². The van der Waals surface area contributed by atoms with Gasteiger partial charge in [-0.1, -0.05) is 30.0 Å². The van der Waals surface area contributed by atoms with Crippen molar-refractivity contribution in [3.8, 4) is 11.8 Å². The van der Waals surface area contributed by atoms with E-state index in [4.69, 9.17) is 14.6 Å². The smallest absolute Gasteiger partial charge is 0.416 e. The number of nitrogens with zero attached hydrogens (tertiary/aromatic N) is 7. The van der Waals surface area contributed by atoms with E-state index in [1.165, 1.54) is 40.2 Å². The Bertz CT molecular complexity index is 4530. The van der Waals surface area contributed by atoms with E-state index in [0.29, 0.717) is 68.3 Å². The number of alkyl halides is 9. The number of fused-ring (bicyclic) bond motifs is 2. The lowest BCUT2D eigenvalue weighted by Crippen LogP contribution is -2.44. The highest BCUT2D eigenvalue weighted by Crippen LogP contribution is 2.38. The quantitative estimate of drug-likeness (QED) is 0.0435. The number of carboxylic acid groups (broad SMARTS) is 1. The highest BCUT2D eigenvalue weighted by molar-refractivity contribution is 7.91. The summed E-state index contributed by atoms with van der Waals surface area (Å²) in [7, 11) is -1.08. The third kappa shape index (κ3) is 20.7. The van der Waals surface area contributed by atoms with Crippen LogP contribution >= 0.6 is 12.4 Å². The number of hydrogen-bond acceptors (Lipinski definition) is 16. The lowest BCUT2D eigenvalue weighted by atomic mass is 10.1. The molecule has 0 atom stereocenters. The summed E-state index contributed by atoms with van der Waals surface area (Å²) >= 11 is 0. The van der Waals surface area contributed by atoms with Crippen molar-refractivity contribution < 1.29 is 94.0 Å². The van der Waals surface area contributed by atoms with Gasteiger partial charge in [0.1, 0.15) is 23.7 Å². The number of amides is 1. The summed E-state index contributed by atoms with van der Waals surface area (Å²) in [5.41, 5.74) is 0.0646. The van der Waals surface area contributed by atoms with Gasteiger partial charge in [0.05, 0.1) is 49.8 Å². The molecular weight excluding hydrogens is 1360 g/mol. The van der Waals surface area contributed by atoms with E-state index in [2.05, 4.69) is 32.1 Å². The van der Waals surface area contributed by atoms with Crippen LogP contribution in [-0.4, -0.2) is 155 Å². The Hall–Kier alpha value is -8.16. The number of carboxylic acids is 1. The average Bonchev–Trinajstić information content (AvgIpc) is 1.58. The van der Waals surface area contributed by atoms with Crippen LogP contribution in [0.5, 0.6) is 0 Å². The fourth-order valence-corrected chi connectivity index (χ4v) is 11.3. The minimum absolute atomic E-state index is 0. The molecule has 3 N–H and O–H groups in total. The molecule has 0 saturated carbocycles. The van der Waals surface area contributed by atoms with E-state index >= 15 is 0 Å². The molecule has 0 spiro atoms. The number of carbonyl (C=O) groups is 2. The first kappa shape index (κ1) is 80.3. The number of hydrogen-bond donors (Lipinski definition) is 3. The maximum Gasteiger partial charge on any atom is 0.416 e. The molecule has 8 aromatic rings. The van der Waals surface area contributed by atoms with Gasteiger partial charge in [0.15, 0.2) is 29.5 Å². The molecule has 0 aliphatic carbocycles. The Kier molecular flexibility index (Phi) is 27.0. The summed E-state index contributed by atoms with van der Waals surface area (Å²) in [6.07, 6.45) is -7.39. The zero-order valence-corrected chi connectivity index (χ0v) is 57.0. The van der Waals surface area contributed by atoms with Gasteiger partial charge in [0.25, 0.3) is 0 Å². The van der Waals surface area contributed by atoms with Crippen LogP contribution in [0.15, 0.2) is 124 Å². The van der Waals surface area contributed by atoms with Gasteiger partial charge < -0.3 is 39.0 Å². The first-order valence-electron chi connectivity index (χ1n) is 27.9. The van der Waals surface area contributed by atoms with Crippen molar-refractivity contribution in [2.24, 2.45) is 0 Å². The molecule has 0 unspecified atom stereocenters. The number of pyridine rings is 3. The van der Waals surface area contributed by atoms with Crippen molar-refractivity contribution >= 4 is 81.7 Å². The van der Waals surface area contributed by atoms with E-state index in [1.807, 2.05) is 25.9 Å². The minimum atomic E-state index is -4.76. The van der Waals surface area contributed by atoms with Crippen molar-refractivity contribution in [1.29, 1.82) is 0 Å². The van der Waals surface area contributed by atoms with Crippen LogP contribution in [0.4, 0.5) is 45.3 Å². The van der Waals surface area contributed by atoms with E-state index in [0.717, 1.165) is 43.0 Å². The molecule has 20 nitrogen and oxygen atoms in total. The molecule has 3 aromatic carbocycles. The maximum atomic E-state index is 13.7. The number of rotatable bonds is 17. The summed E-state index contributed by atoms with van der Waals surface area (Å²) in [6, 6.07) is 18.8. The summed E-state index contributed by atoms with van der Waals surface area (Å²) in [5, 5.41) is 21.9. The monoisotopic (exact) mass is 1430 g/mol. The van der Waals surface area contributed by atoms with Crippen molar-refractivity contribution in [2.45, 2.75) is 92.4 Å². The molecule has 0 radical (unpaired) electrons. The number of aliphatic hydroxyl groups is 1. The number of aliphatic carboxylic acids is 1. The van der Waals surface area contributed by atoms with Gasteiger partial charge in [-0.15, -0.1) is 12.4 Å². The molecule has 0 aliphatic heterocycles. The Morgan fingerprint density at radius 1 is 0.594 bits per heavy atom. The first-order valence-corrected chi connectivity index (χ1v) is 33.6. The van der Waals surface area contributed by atoms with E-state index < -0.39 is 91.3 Å². The molecule has 33 heteroatoms. The SMILES string of the molecule is COC(C)(OC)N(C)C.CS(=O)(=O)c1ccc(CNc2ncccc2C#CCO)c(C(F)(F)F)c1.Cc1c(CC(=O)N(C)C)c2cccnc2n1Cc1ccc(S(C)(=O)=O)cc1C(F)(F)F.Cc1c(CC(=O)O)c2cccnc2n1Cc1ccc(S(C)(=O)=O)cc1C(F)(F)F.Cl. The normalized spacial score (nSPS) is 12.1. The summed E-state index contributed by atoms with van der Waals surface area (Å²) < 4.78 is 205. The van der Waals surface area contributed by atoms with Crippen molar-refractivity contribution in [2.75, 3.05) is 73.1 Å². The molecule has 8 rings (SSSR count). The number of aromatic nitrogens is 5. The number of ether oxygens (including phenoxy) is 2. The van der Waals surface area contributed by atoms with Gasteiger partial charge in [0.2, 0.25) is 11.8 Å². The third-order valence-electron chi connectivity index (χ3n) is 14.8. The van der Waals surface area contributed by atoms with Gasteiger partial charge in [-0.3, -0.25) is 14.5 Å². The minimum Gasteiger partial charge on any atom is -0.481 e. The van der Waals surface area contributed by atoms with Gasteiger partial charge in [-0.05, 0) is 129 Å². The topological polar surface area (TPSA) is 263 Å². The van der Waals surface area contributed by atoms with Crippen molar-refractivity contribution in [3.63, 3.8) is 0 Å². The number of anilines is 1. The predicted octanol–water partition coefficient (Wildman–Crippen LogP) is 10.3. The number of nitrogens with one attached hydrogen (secondary N) is 1. The Morgan fingerprint density at radius 2 is 0.969 bits per heavy atom. The average molecular weight is 1430 g/mol. The molecule has 96 heavy (non-hydrogen) atoms. The molecule has 1 amide bonds. The lowest BCUT2D eigenvalue weighted by molar-refractivity contribution is -0.270. The molecule has 5 aromatic heterocycles. The standard InChI is InChI=1S/C21H22F3N3O3S.C19H17F3N2O4S.C17H15F3N2O3S.C6H15NO2.ClH/c1-13-17(11-19(28)26(2)3)16-6-5-9-25-20(16)27(13)12-14-7-8-15(31(4,29)30)10-18(14)21(22,23)24;1-11-15(9-17(25)26)14-4-3-7-23-18(14)24(11)10-12-5-6-13(29(2,27)28)8-16(12)19(20,21)22;1-26(24,25)14-7-6-13(15(10-14)17(18,19)20)11-22-16-12(5-3-9-23)4-2-8-21-16;1-6(8-4,9-5)7(2)3;/h5-10H,11-12H2,1-4H3;3-8H,9-10H2,1-2H3,(H,25,26);2,4,6-8,10,23H,9,11H2,1H3,(H,21,22);1-5H3;1H. The summed E-state index contributed by atoms with van der Waals surface area (Å²) in [4.78, 5) is 38.1. The molecule has 0 saturated heterocycles. The zero-order valence-electron chi connectivity index (χ0n) is 53.8. The molecule has 522 valence electrons. The second kappa shape index (κ2) is 32.3. The fourth-order valence-electron chi connectivity index (χ4n) is 9.35. The zero-order chi connectivity index (χ0) is 71.6. The Labute approximate surface area is 555 Å². The van der Waals surface area contributed by atoms with Crippen LogP contribution in [0.2, 0.25) is 0 Å². The second-order valence-electron chi connectivity index (χ2n) is 21.8. The molecule has 0 fully saturated rings. The highest BCUT2D eigenvalue weighted by atomic mass is 35.5. The van der Waals surface area contributed by atoms with Crippen LogP contribution < -0.4 is 5.32 Å². The van der Waals surface area contributed by atoms with Crippen LogP contribution in [-0.2, 0) is 99.6 Å². The largest absolute Gasteiger partial charge is 0.481 e. The van der Waals surface area contributed by atoms with Crippen molar-refractivity contribution in [1.82, 2.24) is 33.9 Å². The third-order valence-corrected chi connectivity index (χ3v) is 18.1. The molecule has 5 heterocycles. The van der Waals surface area contributed by atoms with Gasteiger partial charge in [0, 0.05) is 114 Å². The van der Waals surface area contributed by atoms with E-state index in [-0.39, 0.29) is 79.9 Å². The van der Waals surface area contributed by atoms with Crippen LogP contribution in [0, 0.1) is 25.7 Å². The number of halogens is 10. The number of methoxy groups -OCH3 is 2. The lowest BCUT2D eigenvalue weighted by Gasteiger charge is -2.32. The molecular formula is C63H70ClF9N8O12S3. The van der Waals surface area contributed by atoms with E-state index in [9.17, 15) is 79.5 Å². The highest BCUT2D eigenvalue weighted by Gasteiger charge is 2.37. The number of benzene rings is 3. The van der Waals surface area contributed by atoms with Gasteiger partial charge in [-0.25, -0.2) is 40.2 Å². The van der Waals surface area contributed by atoms with Crippen molar-refractivity contribution in [3.05, 3.63) is 171 Å². The molecule has 0 aliphatic rings. The Morgan fingerprint density at radius 3 is 1.31 bits per heavy atom. The second-order valence-corrected chi connectivity index (χ2v) is 27.8. The van der Waals surface area contributed by atoms with Crippen LogP contribution in [0.1, 0.15) is 68.4 Å². The molecule has 0 bridgehead atoms. The number of aliphatic hydroxyl groups excluding tert-OH is 1. The Balaban J connectivity index is 0.000000287.